The molecule has 2 N–H and O–H groups in total. The number of hydrogen-bond donors (Lipinski definition) is 2. The molecule has 0 saturated carbocycles. The lowest BCUT2D eigenvalue weighted by molar-refractivity contribution is 0.108. The van der Waals surface area contributed by atoms with Gasteiger partial charge in [-0.15, -0.1) is 0 Å². The number of hydroxylamine groups is 1. The standard InChI is InChI=1S/C17H19N3O4S/c1-4-20-16(21)11(9-18-20)17(22)25-14-6-5-13-15(10(14)2)12(19-23-3)7-8-24-13/h5-7,9,18-19H,4,8H2,1-3H3. The molecule has 2 aromatic rings. The van der Waals surface area contributed by atoms with Gasteiger partial charge in [-0.2, -0.15) is 0 Å². The maximum Gasteiger partial charge on any atom is 0.278 e. The molecule has 0 saturated heterocycles. The third kappa shape index (κ3) is 3.22. The van der Waals surface area contributed by atoms with Gasteiger partial charge in [0.15, 0.2) is 0 Å². The summed E-state index contributed by atoms with van der Waals surface area (Å²) in [5.74, 6) is 0.728. The van der Waals surface area contributed by atoms with E-state index in [-0.39, 0.29) is 16.2 Å². The van der Waals surface area contributed by atoms with Crippen LogP contribution in [0.1, 0.15) is 28.4 Å². The van der Waals surface area contributed by atoms with Crippen LogP contribution in [-0.4, -0.2) is 28.6 Å². The molecule has 1 aromatic carbocycles. The lowest BCUT2D eigenvalue weighted by atomic mass is 10.0. The van der Waals surface area contributed by atoms with Gasteiger partial charge >= 0.3 is 0 Å². The summed E-state index contributed by atoms with van der Waals surface area (Å²) in [4.78, 5) is 30.4. The van der Waals surface area contributed by atoms with E-state index in [1.807, 2.05) is 32.1 Å². The quantitative estimate of drug-likeness (QED) is 0.628. The third-order valence-corrected chi connectivity index (χ3v) is 5.03. The van der Waals surface area contributed by atoms with Crippen LogP contribution in [0.2, 0.25) is 0 Å². The van der Waals surface area contributed by atoms with Gasteiger partial charge in [-0.05, 0) is 49.4 Å². The number of nitrogens with one attached hydrogen (secondary N) is 2. The summed E-state index contributed by atoms with van der Waals surface area (Å²) in [6.45, 7) is 4.69. The number of fused-ring (bicyclic) bond motifs is 1. The molecule has 0 atom stereocenters. The van der Waals surface area contributed by atoms with Crippen LogP contribution >= 0.6 is 11.8 Å². The monoisotopic (exact) mass is 361 g/mol. The van der Waals surface area contributed by atoms with Crippen molar-refractivity contribution < 1.29 is 14.4 Å². The Morgan fingerprint density at radius 2 is 2.28 bits per heavy atom. The first-order chi connectivity index (χ1) is 12.1. The maximum absolute atomic E-state index is 12.5. The number of aromatic amines is 1. The number of carbonyl (C=O) groups excluding carboxylic acids is 1. The average Bonchev–Trinajstić information content (AvgIpc) is 2.98. The molecular formula is C17H19N3O4S. The van der Waals surface area contributed by atoms with E-state index in [9.17, 15) is 9.59 Å². The maximum atomic E-state index is 12.5. The van der Waals surface area contributed by atoms with Gasteiger partial charge in [0.2, 0.25) is 5.12 Å². The Balaban J connectivity index is 1.93. The number of aryl methyl sites for hydroxylation is 1. The summed E-state index contributed by atoms with van der Waals surface area (Å²) in [7, 11) is 1.54. The van der Waals surface area contributed by atoms with Crippen molar-refractivity contribution in [3.63, 3.8) is 0 Å². The highest BCUT2D eigenvalue weighted by molar-refractivity contribution is 8.14. The molecule has 25 heavy (non-hydrogen) atoms. The van der Waals surface area contributed by atoms with Crippen molar-refractivity contribution in [1.29, 1.82) is 0 Å². The fourth-order valence-corrected chi connectivity index (χ4v) is 3.54. The van der Waals surface area contributed by atoms with Crippen LogP contribution in [0.15, 0.2) is 34.1 Å². The van der Waals surface area contributed by atoms with Crippen LogP contribution < -0.4 is 15.8 Å². The molecule has 0 fully saturated rings. The number of carbonyl (C=O) groups is 1. The van der Waals surface area contributed by atoms with Gasteiger partial charge in [0.05, 0.1) is 12.8 Å². The fourth-order valence-electron chi connectivity index (χ4n) is 2.70. The highest BCUT2D eigenvalue weighted by Crippen LogP contribution is 2.37. The molecule has 2 heterocycles. The van der Waals surface area contributed by atoms with E-state index in [0.29, 0.717) is 13.2 Å². The highest BCUT2D eigenvalue weighted by Gasteiger charge is 2.22. The lowest BCUT2D eigenvalue weighted by Gasteiger charge is -2.22. The Morgan fingerprint density at radius 3 is 2.96 bits per heavy atom. The number of nitrogens with zero attached hydrogens (tertiary/aromatic N) is 1. The van der Waals surface area contributed by atoms with E-state index < -0.39 is 0 Å². The molecule has 1 aliphatic rings. The zero-order chi connectivity index (χ0) is 18.0. The van der Waals surface area contributed by atoms with E-state index in [2.05, 4.69) is 10.6 Å². The fraction of sp³-hybridized carbons (Fsp3) is 0.294. The Labute approximate surface area is 148 Å². The second-order valence-corrected chi connectivity index (χ2v) is 6.44. The highest BCUT2D eigenvalue weighted by atomic mass is 32.2. The van der Waals surface area contributed by atoms with Gasteiger partial charge in [-0.25, -0.2) is 0 Å². The van der Waals surface area contributed by atoms with Crippen LogP contribution in [-0.2, 0) is 11.4 Å². The van der Waals surface area contributed by atoms with Crippen LogP contribution in [0, 0.1) is 6.92 Å². The Bertz CT molecular complexity index is 898. The van der Waals surface area contributed by atoms with Crippen molar-refractivity contribution in [3.8, 4) is 5.75 Å². The molecule has 0 aliphatic carbocycles. The van der Waals surface area contributed by atoms with Gasteiger partial charge in [0.1, 0.15) is 17.9 Å². The van der Waals surface area contributed by atoms with Gasteiger partial charge < -0.3 is 9.84 Å². The molecule has 0 bridgehead atoms. The average molecular weight is 361 g/mol. The Morgan fingerprint density at radius 1 is 1.48 bits per heavy atom. The molecule has 1 aromatic heterocycles. The predicted octanol–water partition coefficient (Wildman–Crippen LogP) is 2.32. The van der Waals surface area contributed by atoms with E-state index >= 15 is 0 Å². The number of benzene rings is 1. The minimum absolute atomic E-state index is 0.144. The molecule has 1 aliphatic heterocycles. The summed E-state index contributed by atoms with van der Waals surface area (Å²) in [6.07, 6.45) is 3.33. The minimum atomic E-state index is -0.305. The molecule has 0 amide bonds. The van der Waals surface area contributed by atoms with E-state index in [1.54, 1.807) is 0 Å². The van der Waals surface area contributed by atoms with Gasteiger partial charge in [-0.1, -0.05) is 0 Å². The van der Waals surface area contributed by atoms with Crippen molar-refractivity contribution in [3.05, 3.63) is 51.4 Å². The molecule has 8 heteroatoms. The number of thioether (sulfide) groups is 1. The largest absolute Gasteiger partial charge is 0.489 e. The molecule has 7 nitrogen and oxygen atoms in total. The second kappa shape index (κ2) is 7.20. The molecular weight excluding hydrogens is 342 g/mol. The van der Waals surface area contributed by atoms with Gasteiger partial charge in [0, 0.05) is 23.2 Å². The third-order valence-electron chi connectivity index (χ3n) is 3.96. The molecule has 3 rings (SSSR count). The number of aromatic nitrogens is 2. The van der Waals surface area contributed by atoms with Crippen LogP contribution in [0.5, 0.6) is 5.75 Å². The van der Waals surface area contributed by atoms with Gasteiger partial charge in [-0.3, -0.25) is 24.6 Å². The predicted molar refractivity (Wildman–Crippen MR) is 95.7 cm³/mol. The van der Waals surface area contributed by atoms with Crippen molar-refractivity contribution in [2.75, 3.05) is 13.7 Å². The van der Waals surface area contributed by atoms with E-state index in [4.69, 9.17) is 9.57 Å². The summed E-state index contributed by atoms with van der Waals surface area (Å²) in [5.41, 5.74) is 5.22. The van der Waals surface area contributed by atoms with Crippen molar-refractivity contribution in [1.82, 2.24) is 15.3 Å². The SMILES string of the molecule is CCn1[nH]cc(C(=O)Sc2ccc3c(c2C)C(NOC)=CCO3)c1=O. The topological polar surface area (TPSA) is 85.3 Å². The number of rotatable bonds is 5. The molecule has 0 spiro atoms. The summed E-state index contributed by atoms with van der Waals surface area (Å²) in [5, 5.41) is 2.50. The van der Waals surface area contributed by atoms with Crippen molar-refractivity contribution in [2.45, 2.75) is 25.3 Å². The van der Waals surface area contributed by atoms with Crippen LogP contribution in [0.3, 0.4) is 0 Å². The lowest BCUT2D eigenvalue weighted by Crippen LogP contribution is -2.20. The van der Waals surface area contributed by atoms with Gasteiger partial charge in [0.25, 0.3) is 5.56 Å². The van der Waals surface area contributed by atoms with Crippen molar-refractivity contribution >= 4 is 22.6 Å². The van der Waals surface area contributed by atoms with E-state index in [1.165, 1.54) is 18.0 Å². The minimum Gasteiger partial charge on any atom is -0.489 e. The van der Waals surface area contributed by atoms with Crippen molar-refractivity contribution in [2.24, 2.45) is 0 Å². The molecule has 0 radical (unpaired) electrons. The second-order valence-electron chi connectivity index (χ2n) is 5.42. The van der Waals surface area contributed by atoms with E-state index in [0.717, 1.165) is 39.2 Å². The first-order valence-electron chi connectivity index (χ1n) is 7.83. The number of ether oxygens (including phenoxy) is 1. The summed E-state index contributed by atoms with van der Waals surface area (Å²) >= 11 is 1.03. The zero-order valence-corrected chi connectivity index (χ0v) is 15.0. The summed E-state index contributed by atoms with van der Waals surface area (Å²) in [6, 6.07) is 3.65. The number of hydrogen-bond acceptors (Lipinski definition) is 6. The summed E-state index contributed by atoms with van der Waals surface area (Å²) < 4.78 is 7.03. The first kappa shape index (κ1) is 17.4. The molecule has 132 valence electrons. The Hall–Kier alpha value is -2.45. The molecule has 0 unspecified atom stereocenters. The first-order valence-corrected chi connectivity index (χ1v) is 8.64. The smallest absolute Gasteiger partial charge is 0.278 e. The van der Waals surface area contributed by atoms with Crippen LogP contribution in [0.25, 0.3) is 5.70 Å². The normalized spacial score (nSPS) is 13.0. The van der Waals surface area contributed by atoms with Crippen LogP contribution in [0.4, 0.5) is 0 Å². The Kier molecular flexibility index (Phi) is 5.00. The number of H-pyrrole nitrogens is 1. The zero-order valence-electron chi connectivity index (χ0n) is 14.2.